The third kappa shape index (κ3) is 3.11. The number of amides is 1. The molecule has 0 saturated heterocycles. The lowest BCUT2D eigenvalue weighted by Crippen LogP contribution is -2.36. The van der Waals surface area contributed by atoms with E-state index in [1.165, 1.54) is 0 Å². The van der Waals surface area contributed by atoms with Gasteiger partial charge >= 0.3 is 0 Å². The number of carbonyl (C=O) groups excluding carboxylic acids is 1. The van der Waals surface area contributed by atoms with Crippen LogP contribution < -0.4 is 5.32 Å². The van der Waals surface area contributed by atoms with Crippen LogP contribution in [0.25, 0.3) is 0 Å². The van der Waals surface area contributed by atoms with Crippen LogP contribution in [-0.2, 0) is 4.79 Å². The lowest BCUT2D eigenvalue weighted by atomic mass is 10.2. The predicted molar refractivity (Wildman–Crippen MR) is 76.3 cm³/mol. The number of guanidine groups is 1. The average molecular weight is 266 g/mol. The van der Waals surface area contributed by atoms with Crippen LogP contribution in [-0.4, -0.2) is 29.9 Å². The standard InChI is InChI=1S/C13H15N3O.ClH/c1-3-7-16-12(17)9-14-13(16)15-11-6-4-5-10(2)8-11;/h3-6,8H,1,7,9H2,2H3,(H,14,15);1H. The van der Waals surface area contributed by atoms with Gasteiger partial charge in [0.25, 0.3) is 5.91 Å². The van der Waals surface area contributed by atoms with Gasteiger partial charge < -0.3 is 5.32 Å². The van der Waals surface area contributed by atoms with E-state index < -0.39 is 0 Å². The first-order valence-corrected chi connectivity index (χ1v) is 5.50. The largest absolute Gasteiger partial charge is 0.326 e. The molecule has 1 aliphatic heterocycles. The number of hydrogen-bond acceptors (Lipinski definition) is 3. The molecule has 1 N–H and O–H groups in total. The van der Waals surface area contributed by atoms with Gasteiger partial charge in [-0.1, -0.05) is 18.2 Å². The number of nitrogens with zero attached hydrogens (tertiary/aromatic N) is 2. The first-order chi connectivity index (χ1) is 8.20. The Morgan fingerprint density at radius 3 is 3.00 bits per heavy atom. The van der Waals surface area contributed by atoms with Crippen molar-refractivity contribution in [2.24, 2.45) is 4.99 Å². The summed E-state index contributed by atoms with van der Waals surface area (Å²) in [5, 5.41) is 3.15. The van der Waals surface area contributed by atoms with Crippen LogP contribution in [0.4, 0.5) is 5.69 Å². The number of carbonyl (C=O) groups is 1. The summed E-state index contributed by atoms with van der Waals surface area (Å²) in [5.74, 6) is 0.598. The van der Waals surface area contributed by atoms with Crippen molar-refractivity contribution in [2.75, 3.05) is 18.4 Å². The minimum atomic E-state index is 0. The summed E-state index contributed by atoms with van der Waals surface area (Å²) in [6.45, 7) is 6.35. The van der Waals surface area contributed by atoms with Crippen LogP contribution in [0.3, 0.4) is 0 Å². The van der Waals surface area contributed by atoms with Gasteiger partial charge in [0.1, 0.15) is 6.54 Å². The second-order valence-corrected chi connectivity index (χ2v) is 3.93. The fourth-order valence-corrected chi connectivity index (χ4v) is 1.71. The molecule has 0 spiro atoms. The van der Waals surface area contributed by atoms with Crippen LogP contribution in [0.2, 0.25) is 0 Å². The highest BCUT2D eigenvalue weighted by Gasteiger charge is 2.23. The van der Waals surface area contributed by atoms with Gasteiger partial charge in [0.05, 0.1) is 0 Å². The van der Waals surface area contributed by atoms with E-state index in [9.17, 15) is 4.79 Å². The Morgan fingerprint density at radius 1 is 1.56 bits per heavy atom. The first kappa shape index (κ1) is 14.3. The van der Waals surface area contributed by atoms with E-state index >= 15 is 0 Å². The van der Waals surface area contributed by atoms with Gasteiger partial charge in [-0.25, -0.2) is 4.99 Å². The van der Waals surface area contributed by atoms with Gasteiger partial charge in [-0.15, -0.1) is 19.0 Å². The second kappa shape index (κ2) is 6.21. The molecule has 0 bridgehead atoms. The molecular formula is C13H16ClN3O. The van der Waals surface area contributed by atoms with Crippen molar-refractivity contribution < 1.29 is 4.79 Å². The Morgan fingerprint density at radius 2 is 2.33 bits per heavy atom. The summed E-state index contributed by atoms with van der Waals surface area (Å²) in [6.07, 6.45) is 1.69. The molecule has 0 saturated carbocycles. The quantitative estimate of drug-likeness (QED) is 0.852. The van der Waals surface area contributed by atoms with E-state index in [0.717, 1.165) is 11.3 Å². The Balaban J connectivity index is 0.00000162. The van der Waals surface area contributed by atoms with Crippen molar-refractivity contribution in [3.8, 4) is 0 Å². The Labute approximate surface area is 113 Å². The summed E-state index contributed by atoms with van der Waals surface area (Å²) >= 11 is 0. The van der Waals surface area contributed by atoms with E-state index in [4.69, 9.17) is 0 Å². The monoisotopic (exact) mass is 265 g/mol. The minimum Gasteiger partial charge on any atom is -0.326 e. The number of aryl methyl sites for hydroxylation is 1. The lowest BCUT2D eigenvalue weighted by molar-refractivity contribution is -0.124. The van der Waals surface area contributed by atoms with Crippen LogP contribution >= 0.6 is 12.4 Å². The fourth-order valence-electron chi connectivity index (χ4n) is 1.71. The zero-order valence-corrected chi connectivity index (χ0v) is 11.0. The molecule has 1 aromatic carbocycles. The van der Waals surface area contributed by atoms with Crippen LogP contribution in [0.5, 0.6) is 0 Å². The number of aliphatic imine (C=N–C) groups is 1. The molecule has 0 fully saturated rings. The minimum absolute atomic E-state index is 0. The first-order valence-electron chi connectivity index (χ1n) is 5.50. The Kier molecular flexibility index (Phi) is 4.92. The third-order valence-corrected chi connectivity index (χ3v) is 2.51. The van der Waals surface area contributed by atoms with Crippen molar-refractivity contribution >= 4 is 30.0 Å². The SMILES string of the molecule is C=CCN1C(=O)CN=C1Nc1cccc(C)c1.Cl. The maximum atomic E-state index is 11.6. The number of rotatable bonds is 3. The Bertz CT molecular complexity index is 485. The van der Waals surface area contributed by atoms with Gasteiger partial charge in [-0.05, 0) is 24.6 Å². The highest BCUT2D eigenvalue weighted by Crippen LogP contribution is 2.12. The maximum absolute atomic E-state index is 11.6. The van der Waals surface area contributed by atoms with Gasteiger partial charge in [0.15, 0.2) is 0 Å². The molecule has 2 rings (SSSR count). The fraction of sp³-hybridized carbons (Fsp3) is 0.231. The van der Waals surface area contributed by atoms with Crippen molar-refractivity contribution in [2.45, 2.75) is 6.92 Å². The van der Waals surface area contributed by atoms with E-state index in [-0.39, 0.29) is 24.9 Å². The van der Waals surface area contributed by atoms with Crippen molar-refractivity contribution in [3.63, 3.8) is 0 Å². The maximum Gasteiger partial charge on any atom is 0.251 e. The molecule has 18 heavy (non-hydrogen) atoms. The van der Waals surface area contributed by atoms with Gasteiger partial charge in [0, 0.05) is 12.2 Å². The molecule has 0 unspecified atom stereocenters. The van der Waals surface area contributed by atoms with Crippen molar-refractivity contribution in [3.05, 3.63) is 42.5 Å². The second-order valence-electron chi connectivity index (χ2n) is 3.93. The number of anilines is 1. The van der Waals surface area contributed by atoms with Crippen LogP contribution in [0.15, 0.2) is 41.9 Å². The predicted octanol–water partition coefficient (Wildman–Crippen LogP) is 2.21. The topological polar surface area (TPSA) is 44.7 Å². The zero-order valence-electron chi connectivity index (χ0n) is 10.2. The van der Waals surface area contributed by atoms with Crippen molar-refractivity contribution in [1.82, 2.24) is 4.90 Å². The van der Waals surface area contributed by atoms with E-state index in [1.807, 2.05) is 31.2 Å². The zero-order chi connectivity index (χ0) is 12.3. The lowest BCUT2D eigenvalue weighted by Gasteiger charge is -2.17. The Hall–Kier alpha value is -1.81. The molecule has 1 aromatic rings. The van der Waals surface area contributed by atoms with Crippen LogP contribution in [0, 0.1) is 6.92 Å². The average Bonchev–Trinajstić information content (AvgIpc) is 2.62. The molecule has 5 heteroatoms. The molecule has 0 radical (unpaired) electrons. The number of nitrogens with one attached hydrogen (secondary N) is 1. The van der Waals surface area contributed by atoms with Crippen LogP contribution in [0.1, 0.15) is 5.56 Å². The van der Waals surface area contributed by atoms with E-state index in [1.54, 1.807) is 11.0 Å². The number of benzene rings is 1. The van der Waals surface area contributed by atoms with E-state index in [2.05, 4.69) is 16.9 Å². The molecule has 1 amide bonds. The summed E-state index contributed by atoms with van der Waals surface area (Å²) in [7, 11) is 0. The molecular weight excluding hydrogens is 250 g/mol. The van der Waals surface area contributed by atoms with Crippen molar-refractivity contribution in [1.29, 1.82) is 0 Å². The van der Waals surface area contributed by atoms with Gasteiger partial charge in [-0.3, -0.25) is 9.69 Å². The molecule has 1 aliphatic rings. The van der Waals surface area contributed by atoms with E-state index in [0.29, 0.717) is 12.5 Å². The molecule has 0 aliphatic carbocycles. The summed E-state index contributed by atoms with van der Waals surface area (Å²) < 4.78 is 0. The smallest absolute Gasteiger partial charge is 0.251 e. The molecule has 0 aromatic heterocycles. The summed E-state index contributed by atoms with van der Waals surface area (Å²) in [6, 6.07) is 7.95. The number of halogens is 1. The molecule has 0 atom stereocenters. The molecule has 4 nitrogen and oxygen atoms in total. The highest BCUT2D eigenvalue weighted by molar-refractivity contribution is 6.09. The van der Waals surface area contributed by atoms with Gasteiger partial charge in [0.2, 0.25) is 5.96 Å². The summed E-state index contributed by atoms with van der Waals surface area (Å²) in [4.78, 5) is 17.3. The highest BCUT2D eigenvalue weighted by atomic mass is 35.5. The normalized spacial score (nSPS) is 13.9. The molecule has 1 heterocycles. The third-order valence-electron chi connectivity index (χ3n) is 2.51. The number of hydrogen-bond donors (Lipinski definition) is 1. The van der Waals surface area contributed by atoms with Gasteiger partial charge in [-0.2, -0.15) is 0 Å². The molecule has 96 valence electrons. The summed E-state index contributed by atoms with van der Waals surface area (Å²) in [5.41, 5.74) is 2.10.